The van der Waals surface area contributed by atoms with Gasteiger partial charge in [0, 0.05) is 19.3 Å². The number of imidazole rings is 1. The van der Waals surface area contributed by atoms with Crippen molar-refractivity contribution in [3.8, 4) is 0 Å². The van der Waals surface area contributed by atoms with Crippen molar-refractivity contribution in [1.82, 2.24) is 9.55 Å². The lowest BCUT2D eigenvalue weighted by Gasteiger charge is -2.22. The molecule has 1 N–H and O–H groups in total. The molecule has 0 aliphatic heterocycles. The van der Waals surface area contributed by atoms with Crippen LogP contribution >= 0.6 is 0 Å². The molecule has 0 radical (unpaired) electrons. The number of aromatic nitrogens is 2. The van der Waals surface area contributed by atoms with Crippen LogP contribution in [0.25, 0.3) is 0 Å². The molecule has 106 valence electrons. The minimum absolute atomic E-state index is 0.342. The van der Waals surface area contributed by atoms with Crippen molar-refractivity contribution in [3.05, 3.63) is 11.9 Å². The Bertz CT molecular complexity index is 423. The number of hydrogen-bond donors (Lipinski definition) is 1. The lowest BCUT2D eigenvalue weighted by atomic mass is 10.2. The smallest absolute Gasteiger partial charge is 0.203 e. The molecule has 2 aliphatic rings. The average molecular weight is 263 g/mol. The maximum atomic E-state index is 5.57. The highest BCUT2D eigenvalue weighted by Crippen LogP contribution is 2.33. The van der Waals surface area contributed by atoms with Crippen molar-refractivity contribution in [3.63, 3.8) is 0 Å². The highest BCUT2D eigenvalue weighted by atomic mass is 16.5. The Morgan fingerprint density at radius 1 is 1.21 bits per heavy atom. The number of aryl methyl sites for hydroxylation is 1. The van der Waals surface area contributed by atoms with Crippen LogP contribution in [0.3, 0.4) is 0 Å². The molecule has 4 nitrogen and oxygen atoms in total. The summed E-state index contributed by atoms with van der Waals surface area (Å²) >= 11 is 0. The minimum atomic E-state index is 0.342. The van der Waals surface area contributed by atoms with Crippen LogP contribution in [0, 0.1) is 6.92 Å². The lowest BCUT2D eigenvalue weighted by molar-refractivity contribution is 0.100. The molecular formula is C15H25N3O. The number of nitrogens with one attached hydrogen (secondary N) is 1. The Morgan fingerprint density at radius 3 is 2.74 bits per heavy atom. The van der Waals surface area contributed by atoms with E-state index in [1.54, 1.807) is 0 Å². The van der Waals surface area contributed by atoms with Crippen molar-refractivity contribution < 1.29 is 4.74 Å². The summed E-state index contributed by atoms with van der Waals surface area (Å²) in [4.78, 5) is 4.68. The van der Waals surface area contributed by atoms with Crippen LogP contribution in [0.4, 0.5) is 5.95 Å². The number of hydrogen-bond acceptors (Lipinski definition) is 3. The Hall–Kier alpha value is -1.03. The molecule has 0 saturated heterocycles. The Morgan fingerprint density at radius 2 is 2.00 bits per heavy atom. The fraction of sp³-hybridized carbons (Fsp3) is 0.800. The van der Waals surface area contributed by atoms with Gasteiger partial charge in [0.25, 0.3) is 0 Å². The van der Waals surface area contributed by atoms with Crippen LogP contribution in [0.1, 0.15) is 56.7 Å². The van der Waals surface area contributed by atoms with Gasteiger partial charge in [-0.15, -0.1) is 0 Å². The molecule has 2 unspecified atom stereocenters. The first kappa shape index (κ1) is 13.0. The fourth-order valence-electron chi connectivity index (χ4n) is 3.62. The summed E-state index contributed by atoms with van der Waals surface area (Å²) in [6.45, 7) is 2.08. The van der Waals surface area contributed by atoms with Gasteiger partial charge in [-0.3, -0.25) is 0 Å². The molecule has 4 heteroatoms. The van der Waals surface area contributed by atoms with E-state index in [1.165, 1.54) is 38.5 Å². The van der Waals surface area contributed by atoms with E-state index in [4.69, 9.17) is 4.74 Å². The molecule has 0 spiro atoms. The highest BCUT2D eigenvalue weighted by molar-refractivity contribution is 5.32. The van der Waals surface area contributed by atoms with Crippen molar-refractivity contribution in [1.29, 1.82) is 0 Å². The van der Waals surface area contributed by atoms with Crippen LogP contribution in [0.5, 0.6) is 0 Å². The molecule has 1 heterocycles. The molecular weight excluding hydrogens is 238 g/mol. The molecule has 2 saturated carbocycles. The number of rotatable bonds is 4. The van der Waals surface area contributed by atoms with E-state index in [9.17, 15) is 0 Å². The van der Waals surface area contributed by atoms with E-state index in [0.29, 0.717) is 18.2 Å². The Labute approximate surface area is 115 Å². The quantitative estimate of drug-likeness (QED) is 0.906. The zero-order valence-corrected chi connectivity index (χ0v) is 12.1. The van der Waals surface area contributed by atoms with E-state index in [2.05, 4.69) is 28.0 Å². The lowest BCUT2D eigenvalue weighted by Crippen LogP contribution is -2.31. The third-order valence-electron chi connectivity index (χ3n) is 4.64. The van der Waals surface area contributed by atoms with Gasteiger partial charge in [-0.2, -0.15) is 0 Å². The second-order valence-electron chi connectivity index (χ2n) is 6.01. The predicted octanol–water partition coefficient (Wildman–Crippen LogP) is 3.29. The van der Waals surface area contributed by atoms with Crippen molar-refractivity contribution in [2.24, 2.45) is 0 Å². The van der Waals surface area contributed by atoms with Crippen LogP contribution in [0.15, 0.2) is 6.20 Å². The number of methoxy groups -OCH3 is 1. The third kappa shape index (κ3) is 2.64. The number of nitrogens with zero attached hydrogens (tertiary/aromatic N) is 2. The topological polar surface area (TPSA) is 39.1 Å². The summed E-state index contributed by atoms with van der Waals surface area (Å²) < 4.78 is 7.94. The maximum absolute atomic E-state index is 5.57. The number of anilines is 1. The van der Waals surface area contributed by atoms with E-state index >= 15 is 0 Å². The summed E-state index contributed by atoms with van der Waals surface area (Å²) in [6.07, 6.45) is 11.4. The zero-order valence-electron chi connectivity index (χ0n) is 12.1. The zero-order chi connectivity index (χ0) is 13.2. The first-order valence-electron chi connectivity index (χ1n) is 7.62. The van der Waals surface area contributed by atoms with Crippen molar-refractivity contribution in [2.45, 2.75) is 70.1 Å². The second kappa shape index (κ2) is 5.53. The van der Waals surface area contributed by atoms with E-state index in [-0.39, 0.29) is 0 Å². The summed E-state index contributed by atoms with van der Waals surface area (Å²) in [5.74, 6) is 1.05. The Balaban J connectivity index is 1.76. The van der Waals surface area contributed by atoms with E-state index in [0.717, 1.165) is 18.1 Å². The van der Waals surface area contributed by atoms with Crippen LogP contribution in [-0.4, -0.2) is 28.8 Å². The Kier molecular flexibility index (Phi) is 3.78. The SMILES string of the molecule is COC1CCCC1Nc1nc(C)cn1C1CCCC1. The van der Waals surface area contributed by atoms with Gasteiger partial charge in [0.2, 0.25) is 5.95 Å². The largest absolute Gasteiger partial charge is 0.379 e. The molecule has 0 amide bonds. The molecule has 2 aliphatic carbocycles. The van der Waals surface area contributed by atoms with Crippen molar-refractivity contribution in [2.75, 3.05) is 12.4 Å². The van der Waals surface area contributed by atoms with E-state index < -0.39 is 0 Å². The van der Waals surface area contributed by atoms with Gasteiger partial charge in [-0.05, 0) is 39.0 Å². The summed E-state index contributed by atoms with van der Waals surface area (Å²) in [7, 11) is 1.82. The fourth-order valence-corrected chi connectivity index (χ4v) is 3.62. The average Bonchev–Trinajstić information content (AvgIpc) is 3.10. The monoisotopic (exact) mass is 263 g/mol. The van der Waals surface area contributed by atoms with Gasteiger partial charge in [0.1, 0.15) is 0 Å². The maximum Gasteiger partial charge on any atom is 0.203 e. The van der Waals surface area contributed by atoms with Gasteiger partial charge in [0.15, 0.2) is 0 Å². The van der Waals surface area contributed by atoms with Gasteiger partial charge >= 0.3 is 0 Å². The van der Waals surface area contributed by atoms with E-state index in [1.807, 2.05) is 7.11 Å². The first-order valence-corrected chi connectivity index (χ1v) is 7.62. The third-order valence-corrected chi connectivity index (χ3v) is 4.64. The summed E-state index contributed by atoms with van der Waals surface area (Å²) in [5.41, 5.74) is 1.11. The molecule has 19 heavy (non-hydrogen) atoms. The van der Waals surface area contributed by atoms with Crippen LogP contribution in [0.2, 0.25) is 0 Å². The molecule has 0 aromatic carbocycles. The minimum Gasteiger partial charge on any atom is -0.379 e. The molecule has 0 bridgehead atoms. The predicted molar refractivity (Wildman–Crippen MR) is 76.5 cm³/mol. The summed E-state index contributed by atoms with van der Waals surface area (Å²) in [5, 5.41) is 3.64. The number of ether oxygens (including phenoxy) is 1. The molecule has 1 aromatic rings. The highest BCUT2D eigenvalue weighted by Gasteiger charge is 2.29. The standard InChI is InChI=1S/C15H25N3O/c1-11-10-18(12-6-3-4-7-12)15(16-11)17-13-8-5-9-14(13)19-2/h10,12-14H,3-9H2,1-2H3,(H,16,17). The van der Waals surface area contributed by atoms with Gasteiger partial charge in [-0.1, -0.05) is 12.8 Å². The van der Waals surface area contributed by atoms with Gasteiger partial charge < -0.3 is 14.6 Å². The molecule has 3 rings (SSSR count). The van der Waals surface area contributed by atoms with Crippen LogP contribution < -0.4 is 5.32 Å². The molecule has 2 fully saturated rings. The van der Waals surface area contributed by atoms with Crippen LogP contribution in [-0.2, 0) is 4.74 Å². The molecule has 1 aromatic heterocycles. The van der Waals surface area contributed by atoms with Gasteiger partial charge in [-0.25, -0.2) is 4.98 Å². The van der Waals surface area contributed by atoms with Crippen molar-refractivity contribution >= 4 is 5.95 Å². The molecule has 2 atom stereocenters. The van der Waals surface area contributed by atoms with Gasteiger partial charge in [0.05, 0.1) is 17.8 Å². The first-order chi connectivity index (χ1) is 9.28. The second-order valence-corrected chi connectivity index (χ2v) is 6.01. The summed E-state index contributed by atoms with van der Waals surface area (Å²) in [6, 6.07) is 1.07. The normalized spacial score (nSPS) is 28.1.